The number of hydrogen-bond acceptors (Lipinski definition) is 5. The summed E-state index contributed by atoms with van der Waals surface area (Å²) in [5.41, 5.74) is -0.628. The van der Waals surface area contributed by atoms with Gasteiger partial charge in [0.2, 0.25) is 0 Å². The zero-order valence-corrected chi connectivity index (χ0v) is 12.3. The molecule has 3 rings (SSSR count). The van der Waals surface area contributed by atoms with Gasteiger partial charge in [0, 0.05) is 25.4 Å². The molecule has 5 nitrogen and oxygen atoms in total. The predicted molar refractivity (Wildman–Crippen MR) is 69.5 cm³/mol. The Morgan fingerprint density at radius 2 is 2.00 bits per heavy atom. The highest BCUT2D eigenvalue weighted by Gasteiger charge is 2.66. The van der Waals surface area contributed by atoms with Crippen LogP contribution in [-0.4, -0.2) is 30.4 Å². The lowest BCUT2D eigenvalue weighted by Gasteiger charge is -2.54. The van der Waals surface area contributed by atoms with E-state index in [0.717, 1.165) is 19.3 Å². The van der Waals surface area contributed by atoms with Crippen molar-refractivity contribution < 1.29 is 23.8 Å². The van der Waals surface area contributed by atoms with Crippen LogP contribution in [0.4, 0.5) is 0 Å². The standard InChI is InChI=1S/C15H22O5/c1-8-4-5-12-9(2)13(17)20-14(19-10(3)16)15(12)11(8)6-7-18-15/h8-9,11-12,14H,4-7H2,1-3H3. The Hall–Kier alpha value is -1.10. The summed E-state index contributed by atoms with van der Waals surface area (Å²) in [5.74, 6) is -0.0442. The maximum atomic E-state index is 12.0. The van der Waals surface area contributed by atoms with Gasteiger partial charge in [-0.2, -0.15) is 0 Å². The highest BCUT2D eigenvalue weighted by atomic mass is 16.7. The molecule has 5 heteroatoms. The van der Waals surface area contributed by atoms with Crippen molar-refractivity contribution in [2.75, 3.05) is 6.61 Å². The fourth-order valence-electron chi connectivity index (χ4n) is 4.47. The SMILES string of the molecule is CC(=O)OC1OC(=O)C(C)C2CCC(C)C3CCOC132. The van der Waals surface area contributed by atoms with Gasteiger partial charge in [-0.25, -0.2) is 0 Å². The number of hydrogen-bond donors (Lipinski definition) is 0. The van der Waals surface area contributed by atoms with Gasteiger partial charge in [0.05, 0.1) is 5.92 Å². The van der Waals surface area contributed by atoms with E-state index in [1.165, 1.54) is 6.92 Å². The van der Waals surface area contributed by atoms with E-state index >= 15 is 0 Å². The van der Waals surface area contributed by atoms with Gasteiger partial charge in [0.1, 0.15) is 5.60 Å². The molecule has 6 unspecified atom stereocenters. The second kappa shape index (κ2) is 4.72. The molecule has 1 saturated carbocycles. The average Bonchev–Trinajstić information content (AvgIpc) is 2.82. The fraction of sp³-hybridized carbons (Fsp3) is 0.867. The lowest BCUT2D eigenvalue weighted by atomic mass is 9.59. The normalized spacial score (nSPS) is 47.1. The third-order valence-electron chi connectivity index (χ3n) is 5.40. The third-order valence-corrected chi connectivity index (χ3v) is 5.40. The quantitative estimate of drug-likeness (QED) is 0.687. The second-order valence-corrected chi connectivity index (χ2v) is 6.43. The zero-order valence-electron chi connectivity index (χ0n) is 12.3. The Morgan fingerprint density at radius 3 is 2.70 bits per heavy atom. The Morgan fingerprint density at radius 1 is 1.25 bits per heavy atom. The van der Waals surface area contributed by atoms with E-state index < -0.39 is 17.9 Å². The van der Waals surface area contributed by atoms with Crippen LogP contribution in [-0.2, 0) is 23.8 Å². The maximum Gasteiger partial charge on any atom is 0.312 e. The van der Waals surface area contributed by atoms with Crippen LogP contribution in [0.3, 0.4) is 0 Å². The molecule has 1 spiro atoms. The Kier molecular flexibility index (Phi) is 3.27. The lowest BCUT2D eigenvalue weighted by molar-refractivity contribution is -0.291. The van der Waals surface area contributed by atoms with E-state index in [1.807, 2.05) is 6.92 Å². The Bertz CT molecular complexity index is 434. The highest BCUT2D eigenvalue weighted by Crippen LogP contribution is 2.56. The molecule has 1 aliphatic carbocycles. The molecule has 2 aliphatic heterocycles. The van der Waals surface area contributed by atoms with Crippen molar-refractivity contribution in [1.29, 1.82) is 0 Å². The molecule has 2 heterocycles. The smallest absolute Gasteiger partial charge is 0.312 e. The van der Waals surface area contributed by atoms with E-state index in [2.05, 4.69) is 6.92 Å². The molecule has 0 bridgehead atoms. The minimum atomic E-state index is -0.885. The van der Waals surface area contributed by atoms with Crippen LogP contribution in [0.5, 0.6) is 0 Å². The predicted octanol–water partition coefficient (Wildman–Crippen LogP) is 1.89. The minimum absolute atomic E-state index is 0.0804. The molecular formula is C15H22O5. The summed E-state index contributed by atoms with van der Waals surface area (Å²) < 4.78 is 16.8. The van der Waals surface area contributed by atoms with Crippen molar-refractivity contribution in [3.8, 4) is 0 Å². The monoisotopic (exact) mass is 282 g/mol. The van der Waals surface area contributed by atoms with Crippen molar-refractivity contribution in [2.45, 2.75) is 51.9 Å². The molecule has 0 amide bonds. The first-order valence-corrected chi connectivity index (χ1v) is 7.48. The van der Waals surface area contributed by atoms with Gasteiger partial charge in [0.15, 0.2) is 0 Å². The van der Waals surface area contributed by atoms with Crippen LogP contribution in [0.1, 0.15) is 40.0 Å². The number of rotatable bonds is 1. The van der Waals surface area contributed by atoms with E-state index in [-0.39, 0.29) is 17.8 Å². The molecular weight excluding hydrogens is 260 g/mol. The third kappa shape index (κ3) is 1.79. The van der Waals surface area contributed by atoms with Gasteiger partial charge < -0.3 is 14.2 Å². The molecule has 3 aliphatic rings. The van der Waals surface area contributed by atoms with Crippen LogP contribution in [0.25, 0.3) is 0 Å². The molecule has 2 saturated heterocycles. The Balaban J connectivity index is 2.01. The first-order chi connectivity index (χ1) is 9.46. The van der Waals surface area contributed by atoms with E-state index in [0.29, 0.717) is 18.4 Å². The summed E-state index contributed by atoms with van der Waals surface area (Å²) in [6.07, 6.45) is 2.07. The minimum Gasteiger partial charge on any atom is -0.422 e. The topological polar surface area (TPSA) is 61.8 Å². The molecule has 6 atom stereocenters. The number of carbonyl (C=O) groups excluding carboxylic acids is 2. The summed E-state index contributed by atoms with van der Waals surface area (Å²) in [4.78, 5) is 23.4. The molecule has 0 aromatic carbocycles. The first-order valence-electron chi connectivity index (χ1n) is 7.48. The number of esters is 2. The number of cyclic esters (lactones) is 1. The van der Waals surface area contributed by atoms with Crippen LogP contribution in [0, 0.1) is 23.7 Å². The van der Waals surface area contributed by atoms with E-state index in [1.54, 1.807) is 0 Å². The van der Waals surface area contributed by atoms with Crippen LogP contribution < -0.4 is 0 Å². The molecule has 20 heavy (non-hydrogen) atoms. The number of ether oxygens (including phenoxy) is 3. The van der Waals surface area contributed by atoms with Gasteiger partial charge in [-0.1, -0.05) is 13.8 Å². The molecule has 3 fully saturated rings. The van der Waals surface area contributed by atoms with Gasteiger partial charge in [-0.05, 0) is 25.2 Å². The maximum absolute atomic E-state index is 12.0. The molecule has 0 radical (unpaired) electrons. The molecule has 0 aromatic heterocycles. The molecule has 0 N–H and O–H groups in total. The van der Waals surface area contributed by atoms with Crippen molar-refractivity contribution in [2.24, 2.45) is 23.7 Å². The first kappa shape index (κ1) is 13.9. The fourth-order valence-corrected chi connectivity index (χ4v) is 4.47. The van der Waals surface area contributed by atoms with E-state index in [4.69, 9.17) is 14.2 Å². The van der Waals surface area contributed by atoms with Crippen molar-refractivity contribution in [3.63, 3.8) is 0 Å². The summed E-state index contributed by atoms with van der Waals surface area (Å²) >= 11 is 0. The summed E-state index contributed by atoms with van der Waals surface area (Å²) in [6, 6.07) is 0. The summed E-state index contributed by atoms with van der Waals surface area (Å²) in [6.45, 7) is 6.10. The number of carbonyl (C=O) groups is 2. The lowest BCUT2D eigenvalue weighted by Crippen LogP contribution is -2.65. The van der Waals surface area contributed by atoms with Crippen LogP contribution in [0.15, 0.2) is 0 Å². The molecule has 112 valence electrons. The Labute approximate surface area is 118 Å². The summed E-state index contributed by atoms with van der Waals surface area (Å²) in [5, 5.41) is 0. The largest absolute Gasteiger partial charge is 0.422 e. The summed E-state index contributed by atoms with van der Waals surface area (Å²) in [7, 11) is 0. The van der Waals surface area contributed by atoms with E-state index in [9.17, 15) is 9.59 Å². The van der Waals surface area contributed by atoms with Gasteiger partial charge in [0.25, 0.3) is 6.29 Å². The zero-order chi connectivity index (χ0) is 14.5. The molecule has 0 aromatic rings. The highest BCUT2D eigenvalue weighted by molar-refractivity contribution is 5.74. The van der Waals surface area contributed by atoms with Gasteiger partial charge in [-0.3, -0.25) is 9.59 Å². The van der Waals surface area contributed by atoms with Gasteiger partial charge in [-0.15, -0.1) is 0 Å². The van der Waals surface area contributed by atoms with Crippen molar-refractivity contribution >= 4 is 11.9 Å². The van der Waals surface area contributed by atoms with Crippen molar-refractivity contribution in [1.82, 2.24) is 0 Å². The van der Waals surface area contributed by atoms with Crippen LogP contribution >= 0.6 is 0 Å². The van der Waals surface area contributed by atoms with Gasteiger partial charge >= 0.3 is 11.9 Å². The van der Waals surface area contributed by atoms with Crippen molar-refractivity contribution in [3.05, 3.63) is 0 Å². The van der Waals surface area contributed by atoms with Crippen LogP contribution in [0.2, 0.25) is 0 Å². The average molecular weight is 282 g/mol. The second-order valence-electron chi connectivity index (χ2n) is 6.43.